The van der Waals surface area contributed by atoms with E-state index >= 15 is 0 Å². The first-order valence-corrected chi connectivity index (χ1v) is 3.92. The maximum atomic E-state index is 12.0. The van der Waals surface area contributed by atoms with Gasteiger partial charge in [-0.05, 0) is 5.92 Å². The number of halogens is 3. The second-order valence-corrected chi connectivity index (χ2v) is 3.19. The summed E-state index contributed by atoms with van der Waals surface area (Å²) in [7, 11) is 1.09. The number of ether oxygens (including phenoxy) is 1. The van der Waals surface area contributed by atoms with E-state index in [0.29, 0.717) is 0 Å². The highest BCUT2D eigenvalue weighted by atomic mass is 19.4. The monoisotopic (exact) mass is 198 g/mol. The predicted molar refractivity (Wildman–Crippen MR) is 41.0 cm³/mol. The number of rotatable bonds is 3. The number of hydrogen-bond donors (Lipinski definition) is 0. The number of methoxy groups -OCH3 is 1. The van der Waals surface area contributed by atoms with Crippen molar-refractivity contribution < 1.29 is 22.7 Å². The Bertz CT molecular complexity index is 175. The lowest BCUT2D eigenvalue weighted by molar-refractivity contribution is -0.169. The fraction of sp³-hybridized carbons (Fsp3) is 0.875. The summed E-state index contributed by atoms with van der Waals surface area (Å²) < 4.78 is 40.1. The minimum absolute atomic E-state index is 0.367. The summed E-state index contributed by atoms with van der Waals surface area (Å²) in [5.41, 5.74) is 0. The molecule has 0 aromatic heterocycles. The molecule has 1 atom stereocenters. The van der Waals surface area contributed by atoms with Crippen molar-refractivity contribution >= 4 is 5.97 Å². The number of carbonyl (C=O) groups is 1. The Balaban J connectivity index is 4.36. The van der Waals surface area contributed by atoms with Crippen molar-refractivity contribution in [2.75, 3.05) is 7.11 Å². The van der Waals surface area contributed by atoms with E-state index < -0.39 is 24.5 Å². The summed E-state index contributed by atoms with van der Waals surface area (Å²) in [6, 6.07) is 0. The first-order chi connectivity index (χ1) is 5.78. The highest BCUT2D eigenvalue weighted by Gasteiger charge is 2.37. The van der Waals surface area contributed by atoms with Gasteiger partial charge in [-0.25, -0.2) is 0 Å². The molecule has 0 spiro atoms. The van der Waals surface area contributed by atoms with Crippen LogP contribution < -0.4 is 0 Å². The van der Waals surface area contributed by atoms with E-state index in [1.807, 2.05) is 0 Å². The van der Waals surface area contributed by atoms with E-state index in [1.165, 1.54) is 0 Å². The Hall–Kier alpha value is -0.740. The molecule has 0 aromatic rings. The maximum Gasteiger partial charge on any atom is 0.389 e. The van der Waals surface area contributed by atoms with Gasteiger partial charge in [0, 0.05) is 0 Å². The highest BCUT2D eigenvalue weighted by molar-refractivity contribution is 5.72. The normalized spacial score (nSPS) is 14.4. The average Bonchev–Trinajstić information content (AvgIpc) is 1.96. The molecule has 0 saturated carbocycles. The lowest BCUT2D eigenvalue weighted by atomic mass is 9.92. The van der Waals surface area contributed by atoms with Gasteiger partial charge in [-0.3, -0.25) is 4.79 Å². The molecule has 5 heteroatoms. The van der Waals surface area contributed by atoms with Crippen LogP contribution in [0.4, 0.5) is 13.2 Å². The summed E-state index contributed by atoms with van der Waals surface area (Å²) in [5.74, 6) is -2.26. The number of esters is 1. The minimum Gasteiger partial charge on any atom is -0.469 e. The first kappa shape index (κ1) is 12.3. The summed E-state index contributed by atoms with van der Waals surface area (Å²) in [5, 5.41) is 0. The molecule has 2 nitrogen and oxygen atoms in total. The Morgan fingerprint density at radius 2 is 1.85 bits per heavy atom. The van der Waals surface area contributed by atoms with Crippen molar-refractivity contribution in [2.45, 2.75) is 26.4 Å². The van der Waals surface area contributed by atoms with Gasteiger partial charge in [-0.1, -0.05) is 13.8 Å². The fourth-order valence-corrected chi connectivity index (χ4v) is 0.992. The molecule has 0 bridgehead atoms. The van der Waals surface area contributed by atoms with E-state index in [2.05, 4.69) is 4.74 Å². The Kier molecular flexibility index (Phi) is 4.23. The smallest absolute Gasteiger partial charge is 0.389 e. The van der Waals surface area contributed by atoms with Crippen LogP contribution in [0.5, 0.6) is 0 Å². The van der Waals surface area contributed by atoms with Crippen LogP contribution in [0.25, 0.3) is 0 Å². The maximum absolute atomic E-state index is 12.0. The lowest BCUT2D eigenvalue weighted by Gasteiger charge is -2.19. The Morgan fingerprint density at radius 1 is 1.38 bits per heavy atom. The van der Waals surface area contributed by atoms with Gasteiger partial charge in [0.1, 0.15) is 0 Å². The SMILES string of the molecule is COC(=O)C(CC(F)(F)F)C(C)C. The highest BCUT2D eigenvalue weighted by Crippen LogP contribution is 2.29. The van der Waals surface area contributed by atoms with Gasteiger partial charge in [0.15, 0.2) is 0 Å². The fourth-order valence-electron chi connectivity index (χ4n) is 0.992. The van der Waals surface area contributed by atoms with E-state index in [9.17, 15) is 18.0 Å². The van der Waals surface area contributed by atoms with Crippen LogP contribution in [0, 0.1) is 11.8 Å². The first-order valence-electron chi connectivity index (χ1n) is 3.92. The largest absolute Gasteiger partial charge is 0.469 e. The van der Waals surface area contributed by atoms with Crippen LogP contribution in [0.1, 0.15) is 20.3 Å². The van der Waals surface area contributed by atoms with Gasteiger partial charge in [0.2, 0.25) is 0 Å². The molecular formula is C8H13F3O2. The average molecular weight is 198 g/mol. The van der Waals surface area contributed by atoms with Gasteiger partial charge in [-0.2, -0.15) is 13.2 Å². The van der Waals surface area contributed by atoms with Crippen molar-refractivity contribution in [3.8, 4) is 0 Å². The van der Waals surface area contributed by atoms with Crippen LogP contribution in [-0.2, 0) is 9.53 Å². The van der Waals surface area contributed by atoms with Crippen LogP contribution in [0.15, 0.2) is 0 Å². The zero-order valence-electron chi connectivity index (χ0n) is 7.81. The third kappa shape index (κ3) is 4.75. The molecule has 0 aliphatic heterocycles. The summed E-state index contributed by atoms with van der Waals surface area (Å²) in [4.78, 5) is 10.9. The van der Waals surface area contributed by atoms with Crippen LogP contribution in [0.2, 0.25) is 0 Å². The lowest BCUT2D eigenvalue weighted by Crippen LogP contribution is -2.27. The second kappa shape index (κ2) is 4.48. The predicted octanol–water partition coefficient (Wildman–Crippen LogP) is 2.38. The van der Waals surface area contributed by atoms with E-state index in [1.54, 1.807) is 13.8 Å². The number of hydrogen-bond acceptors (Lipinski definition) is 2. The van der Waals surface area contributed by atoms with Gasteiger partial charge >= 0.3 is 12.1 Å². The molecule has 0 heterocycles. The molecule has 0 rings (SSSR count). The molecule has 0 aliphatic rings. The third-order valence-corrected chi connectivity index (χ3v) is 1.76. The van der Waals surface area contributed by atoms with Crippen LogP contribution in [0.3, 0.4) is 0 Å². The standard InChI is InChI=1S/C8H13F3O2/c1-5(2)6(7(12)13-3)4-8(9,10)11/h5-6H,4H2,1-3H3. The van der Waals surface area contributed by atoms with Crippen molar-refractivity contribution in [2.24, 2.45) is 11.8 Å². The summed E-state index contributed by atoms with van der Waals surface area (Å²) in [6.45, 7) is 3.13. The van der Waals surface area contributed by atoms with Gasteiger partial charge in [0.25, 0.3) is 0 Å². The molecule has 0 fully saturated rings. The third-order valence-electron chi connectivity index (χ3n) is 1.76. The molecule has 0 N–H and O–H groups in total. The molecule has 1 unspecified atom stereocenters. The topological polar surface area (TPSA) is 26.3 Å². The molecule has 0 saturated heterocycles. The van der Waals surface area contributed by atoms with Crippen LogP contribution in [-0.4, -0.2) is 19.3 Å². The van der Waals surface area contributed by atoms with Gasteiger partial charge in [-0.15, -0.1) is 0 Å². The number of carbonyl (C=O) groups excluding carboxylic acids is 1. The minimum atomic E-state index is -4.32. The zero-order valence-corrected chi connectivity index (χ0v) is 7.81. The molecule has 0 amide bonds. The quantitative estimate of drug-likeness (QED) is 0.651. The molecule has 13 heavy (non-hydrogen) atoms. The van der Waals surface area contributed by atoms with E-state index in [4.69, 9.17) is 0 Å². The van der Waals surface area contributed by atoms with Crippen molar-refractivity contribution in [1.29, 1.82) is 0 Å². The van der Waals surface area contributed by atoms with E-state index in [0.717, 1.165) is 7.11 Å². The van der Waals surface area contributed by atoms with Gasteiger partial charge in [0.05, 0.1) is 19.4 Å². The Morgan fingerprint density at radius 3 is 2.08 bits per heavy atom. The van der Waals surface area contributed by atoms with E-state index in [-0.39, 0.29) is 5.92 Å². The molecule has 0 radical (unpaired) electrons. The summed E-state index contributed by atoms with van der Waals surface area (Å²) >= 11 is 0. The molecule has 0 aliphatic carbocycles. The van der Waals surface area contributed by atoms with Crippen molar-refractivity contribution in [3.05, 3.63) is 0 Å². The molecular weight excluding hydrogens is 185 g/mol. The van der Waals surface area contributed by atoms with Gasteiger partial charge < -0.3 is 4.74 Å². The molecule has 78 valence electrons. The second-order valence-electron chi connectivity index (χ2n) is 3.19. The zero-order chi connectivity index (χ0) is 10.6. The Labute approximate surface area is 75.1 Å². The van der Waals surface area contributed by atoms with Crippen molar-refractivity contribution in [1.82, 2.24) is 0 Å². The van der Waals surface area contributed by atoms with Crippen LogP contribution >= 0.6 is 0 Å². The number of alkyl halides is 3. The van der Waals surface area contributed by atoms with Crippen molar-refractivity contribution in [3.63, 3.8) is 0 Å². The summed E-state index contributed by atoms with van der Waals surface area (Å²) in [6.07, 6.45) is -5.43. The molecule has 0 aromatic carbocycles.